The Kier molecular flexibility index (Phi) is 4.29. The van der Waals surface area contributed by atoms with E-state index in [0.717, 1.165) is 6.26 Å². The first-order valence-corrected chi connectivity index (χ1v) is 6.55. The molecule has 0 aromatic heterocycles. The molecule has 1 rings (SSSR count). The first-order chi connectivity index (χ1) is 7.96. The van der Waals surface area contributed by atoms with Gasteiger partial charge in [-0.3, -0.25) is 4.28 Å². The van der Waals surface area contributed by atoms with E-state index in [0.29, 0.717) is 11.5 Å². The van der Waals surface area contributed by atoms with Gasteiger partial charge in [0.25, 0.3) is 0 Å². The number of rotatable bonds is 4. The summed E-state index contributed by atoms with van der Waals surface area (Å²) in [6, 6.07) is 1.99. The minimum atomic E-state index is -3.65. The average Bonchev–Trinajstić information content (AvgIpc) is 2.27. The van der Waals surface area contributed by atoms with Crippen molar-refractivity contribution in [3.05, 3.63) is 24.0 Å². The number of nitrogens with zero attached hydrogens (tertiary/aromatic N) is 2. The van der Waals surface area contributed by atoms with Crippen LogP contribution in [0.3, 0.4) is 0 Å². The number of allylic oxidation sites excluding steroid dienone is 3. The molecule has 1 atom stereocenters. The molecule has 6 nitrogen and oxygen atoms in total. The Morgan fingerprint density at radius 2 is 2.29 bits per heavy atom. The zero-order valence-corrected chi connectivity index (χ0v) is 10.3. The zero-order valence-electron chi connectivity index (χ0n) is 9.45. The first kappa shape index (κ1) is 13.3. The summed E-state index contributed by atoms with van der Waals surface area (Å²) in [5, 5.41) is 12.2. The monoisotopic (exact) mass is 256 g/mol. The van der Waals surface area contributed by atoms with Gasteiger partial charge in [0.1, 0.15) is 5.76 Å². The predicted octanol–water partition coefficient (Wildman–Crippen LogP) is 0.949. The van der Waals surface area contributed by atoms with Gasteiger partial charge in [-0.2, -0.15) is 13.7 Å². The highest BCUT2D eigenvalue weighted by Crippen LogP contribution is 2.18. The third-order valence-electron chi connectivity index (χ3n) is 1.99. The summed E-state index contributed by atoms with van der Waals surface area (Å²) in [5.41, 5.74) is 0.344. The Bertz CT molecular complexity index is 511. The van der Waals surface area contributed by atoms with Crippen LogP contribution in [0.2, 0.25) is 0 Å². The van der Waals surface area contributed by atoms with Crippen molar-refractivity contribution in [3.8, 4) is 6.07 Å². The smallest absolute Gasteiger partial charge is 0.325 e. The molecule has 0 aliphatic heterocycles. The third-order valence-corrected chi connectivity index (χ3v) is 2.33. The van der Waals surface area contributed by atoms with Gasteiger partial charge in [-0.1, -0.05) is 11.2 Å². The Labute approximate surface area is 99.9 Å². The van der Waals surface area contributed by atoms with E-state index < -0.39 is 10.1 Å². The fourth-order valence-corrected chi connectivity index (χ4v) is 1.43. The molecule has 7 heteroatoms. The average molecular weight is 256 g/mol. The van der Waals surface area contributed by atoms with Crippen LogP contribution in [0.25, 0.3) is 0 Å². The van der Waals surface area contributed by atoms with Crippen molar-refractivity contribution < 1.29 is 17.4 Å². The normalized spacial score (nSPS) is 21.8. The van der Waals surface area contributed by atoms with E-state index in [4.69, 9.17) is 10.00 Å². The zero-order chi connectivity index (χ0) is 12.9. The molecular weight excluding hydrogens is 244 g/mol. The molecule has 0 bridgehead atoms. The SMILES string of the molecule is COC1=CC(=NOS(C)(=O)=O)C(CC#N)C=C1. The van der Waals surface area contributed by atoms with Gasteiger partial charge in [0.2, 0.25) is 0 Å². The standard InChI is InChI=1S/C10H12N2O4S/c1-15-9-4-3-8(5-6-11)10(7-9)12-16-17(2,13)14/h3-4,7-8H,5H2,1-2H3. The van der Waals surface area contributed by atoms with Crippen molar-refractivity contribution in [1.82, 2.24) is 0 Å². The van der Waals surface area contributed by atoms with E-state index in [2.05, 4.69) is 9.44 Å². The van der Waals surface area contributed by atoms with Gasteiger partial charge in [0.15, 0.2) is 0 Å². The molecule has 0 heterocycles. The Balaban J connectivity index is 2.94. The molecule has 17 heavy (non-hydrogen) atoms. The molecule has 92 valence electrons. The molecule has 0 radical (unpaired) electrons. The van der Waals surface area contributed by atoms with E-state index in [1.165, 1.54) is 13.2 Å². The highest BCUT2D eigenvalue weighted by molar-refractivity contribution is 7.85. The quantitative estimate of drug-likeness (QED) is 0.698. The van der Waals surface area contributed by atoms with E-state index in [1.807, 2.05) is 6.07 Å². The Morgan fingerprint density at radius 3 is 2.82 bits per heavy atom. The fraction of sp³-hybridized carbons (Fsp3) is 0.400. The van der Waals surface area contributed by atoms with Crippen LogP contribution < -0.4 is 0 Å². The van der Waals surface area contributed by atoms with Crippen molar-refractivity contribution in [2.75, 3.05) is 13.4 Å². The van der Waals surface area contributed by atoms with Crippen LogP contribution in [0.5, 0.6) is 0 Å². The number of hydrogen-bond acceptors (Lipinski definition) is 6. The summed E-state index contributed by atoms with van der Waals surface area (Å²) in [4.78, 5) is 0. The Morgan fingerprint density at radius 1 is 1.59 bits per heavy atom. The highest BCUT2D eigenvalue weighted by Gasteiger charge is 2.17. The van der Waals surface area contributed by atoms with Gasteiger partial charge in [-0.05, 0) is 6.08 Å². The fourth-order valence-electron chi connectivity index (χ4n) is 1.21. The number of ether oxygens (including phenoxy) is 1. The van der Waals surface area contributed by atoms with Crippen molar-refractivity contribution in [2.24, 2.45) is 11.1 Å². The second kappa shape index (κ2) is 5.50. The first-order valence-electron chi connectivity index (χ1n) is 4.73. The van der Waals surface area contributed by atoms with Crippen LogP contribution in [0.15, 0.2) is 29.1 Å². The van der Waals surface area contributed by atoms with Gasteiger partial charge in [0.05, 0.1) is 25.1 Å². The number of nitriles is 1. The van der Waals surface area contributed by atoms with Gasteiger partial charge in [0, 0.05) is 18.4 Å². The molecule has 0 spiro atoms. The number of methoxy groups -OCH3 is 1. The molecule has 0 N–H and O–H groups in total. The topological polar surface area (TPSA) is 88.8 Å². The lowest BCUT2D eigenvalue weighted by Crippen LogP contribution is -2.15. The molecule has 0 aromatic carbocycles. The van der Waals surface area contributed by atoms with Crippen LogP contribution in [0.1, 0.15) is 6.42 Å². The van der Waals surface area contributed by atoms with E-state index in [9.17, 15) is 8.42 Å². The molecule has 0 saturated carbocycles. The summed E-state index contributed by atoms with van der Waals surface area (Å²) >= 11 is 0. The molecular formula is C10H12N2O4S. The molecule has 0 aromatic rings. The maximum Gasteiger partial charge on any atom is 0.325 e. The van der Waals surface area contributed by atoms with Crippen molar-refractivity contribution in [1.29, 1.82) is 5.26 Å². The molecule has 0 saturated heterocycles. The second-order valence-electron chi connectivity index (χ2n) is 3.37. The van der Waals surface area contributed by atoms with Gasteiger partial charge in [-0.15, -0.1) is 0 Å². The summed E-state index contributed by atoms with van der Waals surface area (Å²) in [6.07, 6.45) is 6.03. The number of hydrogen-bond donors (Lipinski definition) is 0. The second-order valence-corrected chi connectivity index (χ2v) is 4.93. The number of oxime groups is 1. The molecule has 0 fully saturated rings. The molecule has 0 amide bonds. The Hall–Kier alpha value is -1.81. The summed E-state index contributed by atoms with van der Waals surface area (Å²) in [7, 11) is -2.17. The third kappa shape index (κ3) is 4.28. The maximum atomic E-state index is 10.8. The lowest BCUT2D eigenvalue weighted by atomic mass is 9.95. The van der Waals surface area contributed by atoms with Crippen LogP contribution in [0.4, 0.5) is 0 Å². The van der Waals surface area contributed by atoms with Gasteiger partial charge in [-0.25, -0.2) is 0 Å². The van der Waals surface area contributed by atoms with E-state index in [-0.39, 0.29) is 12.3 Å². The molecule has 1 aliphatic carbocycles. The summed E-state index contributed by atoms with van der Waals surface area (Å²) in [6.45, 7) is 0. The predicted molar refractivity (Wildman–Crippen MR) is 61.3 cm³/mol. The lowest BCUT2D eigenvalue weighted by Gasteiger charge is -2.14. The molecule has 1 aliphatic rings. The van der Waals surface area contributed by atoms with Crippen LogP contribution in [-0.2, 0) is 19.1 Å². The van der Waals surface area contributed by atoms with E-state index in [1.54, 1.807) is 12.2 Å². The van der Waals surface area contributed by atoms with Crippen molar-refractivity contribution >= 4 is 15.8 Å². The van der Waals surface area contributed by atoms with Crippen LogP contribution in [-0.4, -0.2) is 27.5 Å². The van der Waals surface area contributed by atoms with Gasteiger partial charge >= 0.3 is 10.1 Å². The summed E-state index contributed by atoms with van der Waals surface area (Å²) in [5.74, 6) is 0.232. The summed E-state index contributed by atoms with van der Waals surface area (Å²) < 4.78 is 31.0. The lowest BCUT2D eigenvalue weighted by molar-refractivity contribution is 0.305. The van der Waals surface area contributed by atoms with Gasteiger partial charge < -0.3 is 4.74 Å². The van der Waals surface area contributed by atoms with E-state index >= 15 is 0 Å². The van der Waals surface area contributed by atoms with Crippen LogP contribution in [0, 0.1) is 17.2 Å². The van der Waals surface area contributed by atoms with Crippen LogP contribution >= 0.6 is 0 Å². The highest BCUT2D eigenvalue weighted by atomic mass is 32.2. The van der Waals surface area contributed by atoms with Crippen molar-refractivity contribution in [3.63, 3.8) is 0 Å². The minimum absolute atomic E-state index is 0.190. The molecule has 1 unspecified atom stereocenters. The minimum Gasteiger partial charge on any atom is -0.497 e. The maximum absolute atomic E-state index is 10.8. The largest absolute Gasteiger partial charge is 0.497 e. The van der Waals surface area contributed by atoms with Crippen molar-refractivity contribution in [2.45, 2.75) is 6.42 Å².